The number of thioether (sulfide) groups is 1. The first kappa shape index (κ1) is 14.3. The highest BCUT2D eigenvalue weighted by Gasteiger charge is 2.26. The SMILES string of the molecule is CC(C)c1c(F)c(F)c(SCCO)c(F)c1F. The van der Waals surface area contributed by atoms with E-state index in [4.69, 9.17) is 5.11 Å². The summed E-state index contributed by atoms with van der Waals surface area (Å²) in [5.74, 6) is -6.21. The summed E-state index contributed by atoms with van der Waals surface area (Å²) in [4.78, 5) is -0.724. The highest BCUT2D eigenvalue weighted by atomic mass is 32.2. The molecular weight excluding hydrogens is 256 g/mol. The third-order valence-electron chi connectivity index (χ3n) is 2.17. The lowest BCUT2D eigenvalue weighted by atomic mass is 10.0. The minimum absolute atomic E-state index is 0.0340. The van der Waals surface area contributed by atoms with E-state index in [1.165, 1.54) is 13.8 Å². The lowest BCUT2D eigenvalue weighted by molar-refractivity contribution is 0.322. The molecule has 0 atom stereocenters. The summed E-state index contributed by atoms with van der Waals surface area (Å²) in [5, 5.41) is 8.54. The van der Waals surface area contributed by atoms with Gasteiger partial charge in [-0.2, -0.15) is 0 Å². The molecule has 6 heteroatoms. The van der Waals surface area contributed by atoms with Gasteiger partial charge in [-0.3, -0.25) is 0 Å². The van der Waals surface area contributed by atoms with Crippen LogP contribution in [0.15, 0.2) is 4.90 Å². The molecule has 0 aliphatic rings. The monoisotopic (exact) mass is 268 g/mol. The van der Waals surface area contributed by atoms with Gasteiger partial charge < -0.3 is 5.11 Å². The second-order valence-corrected chi connectivity index (χ2v) is 4.83. The van der Waals surface area contributed by atoms with E-state index in [0.29, 0.717) is 11.8 Å². The van der Waals surface area contributed by atoms with Crippen molar-refractivity contribution in [2.75, 3.05) is 12.4 Å². The summed E-state index contributed by atoms with van der Waals surface area (Å²) in [6.07, 6.45) is 0. The van der Waals surface area contributed by atoms with Crippen molar-refractivity contribution in [2.24, 2.45) is 0 Å². The molecule has 0 amide bonds. The molecule has 0 aromatic heterocycles. The second-order valence-electron chi connectivity index (χ2n) is 3.73. The molecule has 0 saturated heterocycles. The Balaban J connectivity index is 3.36. The Morgan fingerprint density at radius 1 is 1.00 bits per heavy atom. The van der Waals surface area contributed by atoms with Crippen LogP contribution < -0.4 is 0 Å². The summed E-state index contributed by atoms with van der Waals surface area (Å²) in [5.41, 5.74) is -0.589. The Bertz CT molecular complexity index is 391. The summed E-state index contributed by atoms with van der Waals surface area (Å²) < 4.78 is 54.1. The van der Waals surface area contributed by atoms with Crippen molar-refractivity contribution in [3.8, 4) is 0 Å². The summed E-state index contributed by atoms with van der Waals surface area (Å²) in [6.45, 7) is 2.56. The van der Waals surface area contributed by atoms with E-state index in [1.807, 2.05) is 0 Å². The number of benzene rings is 1. The smallest absolute Gasteiger partial charge is 0.175 e. The molecule has 17 heavy (non-hydrogen) atoms. The molecule has 1 aromatic rings. The van der Waals surface area contributed by atoms with Gasteiger partial charge in [0.05, 0.1) is 11.5 Å². The molecular formula is C11H12F4OS. The van der Waals surface area contributed by atoms with Gasteiger partial charge in [0.1, 0.15) is 0 Å². The first-order chi connectivity index (χ1) is 7.91. The van der Waals surface area contributed by atoms with Crippen LogP contribution in [0, 0.1) is 23.3 Å². The standard InChI is InChI=1S/C11H12F4OS/c1-5(2)6-7(12)9(14)11(17-4-3-16)10(15)8(6)13/h5,16H,3-4H2,1-2H3. The van der Waals surface area contributed by atoms with Gasteiger partial charge in [0, 0.05) is 11.3 Å². The zero-order valence-electron chi connectivity index (χ0n) is 9.36. The fraction of sp³-hybridized carbons (Fsp3) is 0.455. The van der Waals surface area contributed by atoms with Crippen LogP contribution in [0.3, 0.4) is 0 Å². The summed E-state index contributed by atoms with van der Waals surface area (Å²) >= 11 is 0.542. The largest absolute Gasteiger partial charge is 0.396 e. The molecule has 1 rings (SSSR count). The van der Waals surface area contributed by atoms with E-state index in [0.717, 1.165) is 0 Å². The molecule has 0 fully saturated rings. The molecule has 0 aliphatic carbocycles. The van der Waals surface area contributed by atoms with Crippen LogP contribution in [0.2, 0.25) is 0 Å². The fourth-order valence-electron chi connectivity index (χ4n) is 1.41. The number of aliphatic hydroxyl groups is 1. The summed E-state index contributed by atoms with van der Waals surface area (Å²) in [6, 6.07) is 0. The number of hydrogen-bond donors (Lipinski definition) is 1. The van der Waals surface area contributed by atoms with Crippen molar-refractivity contribution >= 4 is 11.8 Å². The van der Waals surface area contributed by atoms with E-state index in [1.54, 1.807) is 0 Å². The Labute approximate surface area is 101 Å². The van der Waals surface area contributed by atoms with Crippen molar-refractivity contribution in [1.82, 2.24) is 0 Å². The van der Waals surface area contributed by atoms with Gasteiger partial charge in [0.2, 0.25) is 0 Å². The van der Waals surface area contributed by atoms with Crippen LogP contribution >= 0.6 is 11.8 Å². The summed E-state index contributed by atoms with van der Waals surface area (Å²) in [7, 11) is 0. The van der Waals surface area contributed by atoms with Crippen molar-refractivity contribution in [3.63, 3.8) is 0 Å². The normalized spacial score (nSPS) is 11.3. The molecule has 0 radical (unpaired) electrons. The molecule has 0 unspecified atom stereocenters. The Morgan fingerprint density at radius 2 is 1.47 bits per heavy atom. The van der Waals surface area contributed by atoms with Crippen LogP contribution in [0.1, 0.15) is 25.3 Å². The van der Waals surface area contributed by atoms with Crippen molar-refractivity contribution in [3.05, 3.63) is 28.8 Å². The van der Waals surface area contributed by atoms with Crippen LogP contribution in [0.5, 0.6) is 0 Å². The maximum Gasteiger partial charge on any atom is 0.175 e. The predicted molar refractivity (Wildman–Crippen MR) is 58.2 cm³/mol. The maximum absolute atomic E-state index is 13.5. The molecule has 0 aliphatic heterocycles. The van der Waals surface area contributed by atoms with E-state index in [-0.39, 0.29) is 12.4 Å². The molecule has 0 bridgehead atoms. The van der Waals surface area contributed by atoms with Crippen molar-refractivity contribution in [1.29, 1.82) is 0 Å². The predicted octanol–water partition coefficient (Wildman–Crippen LogP) is 3.45. The Kier molecular flexibility index (Phi) is 4.82. The Morgan fingerprint density at radius 3 is 1.82 bits per heavy atom. The minimum atomic E-state index is -1.40. The third-order valence-corrected chi connectivity index (χ3v) is 3.21. The van der Waals surface area contributed by atoms with Crippen LogP contribution in [-0.2, 0) is 0 Å². The van der Waals surface area contributed by atoms with Gasteiger partial charge in [-0.25, -0.2) is 17.6 Å². The molecule has 1 N–H and O–H groups in total. The zero-order valence-corrected chi connectivity index (χ0v) is 10.2. The second kappa shape index (κ2) is 5.73. The van der Waals surface area contributed by atoms with E-state index in [9.17, 15) is 17.6 Å². The van der Waals surface area contributed by atoms with Crippen LogP contribution in [-0.4, -0.2) is 17.5 Å². The van der Waals surface area contributed by atoms with Crippen LogP contribution in [0.25, 0.3) is 0 Å². The molecule has 0 heterocycles. The van der Waals surface area contributed by atoms with Gasteiger partial charge in [-0.15, -0.1) is 11.8 Å². The first-order valence-electron chi connectivity index (χ1n) is 5.01. The fourth-order valence-corrected chi connectivity index (χ4v) is 2.14. The van der Waals surface area contributed by atoms with Crippen LogP contribution in [0.4, 0.5) is 17.6 Å². The highest BCUT2D eigenvalue weighted by Crippen LogP contribution is 2.34. The number of aliphatic hydroxyl groups excluding tert-OH is 1. The highest BCUT2D eigenvalue weighted by molar-refractivity contribution is 7.99. The van der Waals surface area contributed by atoms with E-state index >= 15 is 0 Å². The number of halogens is 4. The molecule has 1 nitrogen and oxygen atoms in total. The quantitative estimate of drug-likeness (QED) is 0.513. The molecule has 0 spiro atoms. The van der Waals surface area contributed by atoms with Gasteiger partial charge in [-0.05, 0) is 5.92 Å². The zero-order chi connectivity index (χ0) is 13.2. The van der Waals surface area contributed by atoms with E-state index in [2.05, 4.69) is 0 Å². The maximum atomic E-state index is 13.5. The van der Waals surface area contributed by atoms with Gasteiger partial charge in [0.25, 0.3) is 0 Å². The molecule has 96 valence electrons. The molecule has 0 saturated carbocycles. The van der Waals surface area contributed by atoms with Gasteiger partial charge in [0.15, 0.2) is 23.3 Å². The van der Waals surface area contributed by atoms with Crippen molar-refractivity contribution in [2.45, 2.75) is 24.7 Å². The lowest BCUT2D eigenvalue weighted by Gasteiger charge is -2.13. The number of hydrogen-bond acceptors (Lipinski definition) is 2. The first-order valence-corrected chi connectivity index (χ1v) is 5.99. The Hall–Kier alpha value is -0.750. The van der Waals surface area contributed by atoms with Gasteiger partial charge >= 0.3 is 0 Å². The average molecular weight is 268 g/mol. The van der Waals surface area contributed by atoms with Crippen molar-refractivity contribution < 1.29 is 22.7 Å². The topological polar surface area (TPSA) is 20.2 Å². The van der Waals surface area contributed by atoms with Gasteiger partial charge in [-0.1, -0.05) is 13.8 Å². The molecule has 1 aromatic carbocycles. The minimum Gasteiger partial charge on any atom is -0.396 e. The average Bonchev–Trinajstić information content (AvgIpc) is 2.26. The number of rotatable bonds is 4. The van der Waals surface area contributed by atoms with E-state index < -0.39 is 39.6 Å². The lowest BCUT2D eigenvalue weighted by Crippen LogP contribution is -2.07. The third kappa shape index (κ3) is 2.74.